The molecule has 3 amide bonds. The lowest BCUT2D eigenvalue weighted by Crippen LogP contribution is -2.52. The number of piperidine rings is 1. The van der Waals surface area contributed by atoms with Crippen LogP contribution in [0.2, 0.25) is 0 Å². The summed E-state index contributed by atoms with van der Waals surface area (Å²) in [4.78, 5) is 45.2. The van der Waals surface area contributed by atoms with Gasteiger partial charge in [0.25, 0.3) is 5.91 Å². The number of rotatable bonds is 7. The maximum atomic E-state index is 15.2. The number of ether oxygens (including phenoxy) is 1. The first kappa shape index (κ1) is 31.0. The zero-order valence-electron chi connectivity index (χ0n) is 24.6. The minimum atomic E-state index is -4.58. The molecule has 3 aromatic carbocycles. The van der Waals surface area contributed by atoms with Crippen molar-refractivity contribution in [3.63, 3.8) is 0 Å². The third-order valence-corrected chi connectivity index (χ3v) is 8.57. The topological polar surface area (TPSA) is 86.6 Å². The van der Waals surface area contributed by atoms with E-state index < -0.39 is 29.5 Å². The first-order valence-electron chi connectivity index (χ1n) is 14.7. The van der Waals surface area contributed by atoms with E-state index >= 15 is 4.39 Å². The summed E-state index contributed by atoms with van der Waals surface area (Å²) in [5.41, 5.74) is 1.16. The van der Waals surface area contributed by atoms with E-state index in [9.17, 15) is 27.6 Å². The molecule has 238 valence electrons. The summed E-state index contributed by atoms with van der Waals surface area (Å²) in [7, 11) is 0. The Kier molecular flexibility index (Phi) is 8.39. The maximum Gasteiger partial charge on any atom is 0.417 e. The first-order valence-corrected chi connectivity index (χ1v) is 14.7. The van der Waals surface area contributed by atoms with Gasteiger partial charge in [0.15, 0.2) is 5.69 Å². The molecule has 0 radical (unpaired) electrons. The molecular weight excluding hydrogens is 606 g/mol. The number of anilines is 1. The van der Waals surface area contributed by atoms with E-state index in [0.29, 0.717) is 60.7 Å². The fraction of sp³-hybridized carbons (Fsp3) is 0.333. The molecule has 1 atom stereocenters. The van der Waals surface area contributed by atoms with Crippen LogP contribution in [0.4, 0.5) is 28.9 Å². The van der Waals surface area contributed by atoms with Crippen molar-refractivity contribution in [2.24, 2.45) is 0 Å². The molecule has 3 heterocycles. The van der Waals surface area contributed by atoms with Crippen molar-refractivity contribution in [2.45, 2.75) is 44.8 Å². The molecule has 13 heteroatoms. The Labute approximate surface area is 262 Å². The highest BCUT2D eigenvalue weighted by Crippen LogP contribution is 2.39. The van der Waals surface area contributed by atoms with Crippen molar-refractivity contribution in [2.75, 3.05) is 31.1 Å². The molecule has 0 unspecified atom stereocenters. The number of nitrogens with one attached hydrogen (secondary N) is 1. The number of amides is 3. The Morgan fingerprint density at radius 3 is 2.48 bits per heavy atom. The van der Waals surface area contributed by atoms with Gasteiger partial charge in [0, 0.05) is 61.5 Å². The van der Waals surface area contributed by atoms with Crippen molar-refractivity contribution < 1.29 is 36.7 Å². The number of nitrogens with zero attached hydrogens (tertiary/aromatic N) is 4. The zero-order chi connectivity index (χ0) is 32.6. The molecule has 46 heavy (non-hydrogen) atoms. The van der Waals surface area contributed by atoms with Gasteiger partial charge in [-0.15, -0.1) is 0 Å². The van der Waals surface area contributed by atoms with Crippen LogP contribution < -0.4 is 15.0 Å². The lowest BCUT2D eigenvalue weighted by atomic mass is 10.0. The zero-order valence-corrected chi connectivity index (χ0v) is 24.6. The van der Waals surface area contributed by atoms with Crippen molar-refractivity contribution >= 4 is 29.1 Å². The predicted octanol–water partition coefficient (Wildman–Crippen LogP) is 5.06. The van der Waals surface area contributed by atoms with Crippen LogP contribution in [0, 0.1) is 12.4 Å². The summed E-state index contributed by atoms with van der Waals surface area (Å²) in [6, 6.07) is 12.7. The number of fused-ring (bicyclic) bond motifs is 1. The number of halogens is 4. The van der Waals surface area contributed by atoms with Gasteiger partial charge in [-0.25, -0.2) is 9.24 Å². The smallest absolute Gasteiger partial charge is 0.417 e. The van der Waals surface area contributed by atoms with E-state index in [0.717, 1.165) is 6.07 Å². The van der Waals surface area contributed by atoms with Crippen LogP contribution in [-0.4, -0.2) is 59.7 Å². The average molecular weight is 636 g/mol. The minimum absolute atomic E-state index is 0.0482. The Morgan fingerprint density at radius 2 is 1.78 bits per heavy atom. The number of alkyl halides is 3. The fourth-order valence-electron chi connectivity index (χ4n) is 6.16. The van der Waals surface area contributed by atoms with Crippen LogP contribution in [0.1, 0.15) is 45.5 Å². The molecule has 0 spiro atoms. The molecule has 9 nitrogen and oxygen atoms in total. The number of hydrogen-bond acceptors (Lipinski definition) is 6. The van der Waals surface area contributed by atoms with E-state index in [4.69, 9.17) is 11.3 Å². The van der Waals surface area contributed by atoms with E-state index in [-0.39, 0.29) is 49.2 Å². The number of imide groups is 1. The van der Waals surface area contributed by atoms with Gasteiger partial charge in [0.1, 0.15) is 24.2 Å². The second-order valence-electron chi connectivity index (χ2n) is 11.5. The van der Waals surface area contributed by atoms with Crippen LogP contribution in [0.25, 0.3) is 4.85 Å². The Balaban J connectivity index is 1.06. The molecule has 3 aliphatic rings. The lowest BCUT2D eigenvalue weighted by Gasteiger charge is -2.37. The molecule has 2 saturated heterocycles. The molecule has 3 aliphatic heterocycles. The van der Waals surface area contributed by atoms with Crippen molar-refractivity contribution in [1.82, 2.24) is 15.1 Å². The Morgan fingerprint density at radius 1 is 1.00 bits per heavy atom. The van der Waals surface area contributed by atoms with Gasteiger partial charge in [0.2, 0.25) is 11.8 Å². The number of carbonyl (C=O) groups is 3. The van der Waals surface area contributed by atoms with Gasteiger partial charge in [-0.05, 0) is 42.3 Å². The average Bonchev–Trinajstić information content (AvgIpc) is 3.36. The number of benzene rings is 3. The fourth-order valence-corrected chi connectivity index (χ4v) is 6.16. The van der Waals surface area contributed by atoms with Crippen LogP contribution in [0.15, 0.2) is 54.6 Å². The van der Waals surface area contributed by atoms with E-state index in [1.807, 2.05) is 4.90 Å². The summed E-state index contributed by atoms with van der Waals surface area (Å²) in [5, 5.41) is 2.28. The standard InChI is InChI=1S/C33H29F4N5O4/c1-38-22-7-8-27(25(16-22)33(35,36)37)41-13-11-40(12-14-41)17-20-5-6-21(26(34)15-20)19-46-29-4-2-3-23-24(29)18-42(32(23)45)28-9-10-30(43)39-31(28)44/h2-8,15-16,28H,9-14,17-19H2,(H,39,43,44)/t28-/m0/s1. The van der Waals surface area contributed by atoms with Gasteiger partial charge in [-0.1, -0.05) is 24.3 Å². The monoisotopic (exact) mass is 635 g/mol. The van der Waals surface area contributed by atoms with E-state index in [1.165, 1.54) is 23.1 Å². The predicted molar refractivity (Wildman–Crippen MR) is 158 cm³/mol. The van der Waals surface area contributed by atoms with Crippen molar-refractivity contribution in [3.05, 3.63) is 99.6 Å². The highest BCUT2D eigenvalue weighted by atomic mass is 19.4. The normalized spacial score (nSPS) is 18.8. The maximum absolute atomic E-state index is 15.2. The SMILES string of the molecule is [C-]#[N+]c1ccc(N2CCN(Cc3ccc(COc4cccc5c4CN([C@H]4CCC(=O)NC4=O)C5=O)c(F)c3)CC2)c(C(F)(F)F)c1. The Bertz CT molecular complexity index is 1750. The van der Waals surface area contributed by atoms with Gasteiger partial charge < -0.3 is 14.5 Å². The van der Waals surface area contributed by atoms with Gasteiger partial charge >= 0.3 is 6.18 Å². The molecule has 0 aliphatic carbocycles. The number of hydrogen-bond donors (Lipinski definition) is 1. The van der Waals surface area contributed by atoms with Crippen molar-refractivity contribution in [3.8, 4) is 5.75 Å². The number of carbonyl (C=O) groups excluding carboxylic acids is 3. The van der Waals surface area contributed by atoms with Crippen LogP contribution >= 0.6 is 0 Å². The largest absolute Gasteiger partial charge is 0.488 e. The molecule has 3 aromatic rings. The molecule has 2 fully saturated rings. The Hall–Kier alpha value is -4.96. The van der Waals surface area contributed by atoms with E-state index in [2.05, 4.69) is 10.2 Å². The highest BCUT2D eigenvalue weighted by Gasteiger charge is 2.40. The number of piperazine rings is 1. The molecule has 0 aromatic heterocycles. The highest BCUT2D eigenvalue weighted by molar-refractivity contribution is 6.05. The van der Waals surface area contributed by atoms with Crippen molar-refractivity contribution in [1.29, 1.82) is 0 Å². The summed E-state index contributed by atoms with van der Waals surface area (Å²) in [5.74, 6) is -1.27. The summed E-state index contributed by atoms with van der Waals surface area (Å²) in [6.45, 7) is 9.13. The van der Waals surface area contributed by atoms with Gasteiger partial charge in [0.05, 0.1) is 18.7 Å². The molecule has 1 N–H and O–H groups in total. The summed E-state index contributed by atoms with van der Waals surface area (Å²) in [6.07, 6.45) is -4.19. The van der Waals surface area contributed by atoms with Gasteiger partial charge in [-0.3, -0.25) is 24.6 Å². The lowest BCUT2D eigenvalue weighted by molar-refractivity contribution is -0.138. The second kappa shape index (κ2) is 12.4. The quantitative estimate of drug-likeness (QED) is 0.222. The minimum Gasteiger partial charge on any atom is -0.488 e. The van der Waals surface area contributed by atoms with Gasteiger partial charge in [-0.2, -0.15) is 13.2 Å². The molecule has 6 rings (SSSR count). The third-order valence-electron chi connectivity index (χ3n) is 8.57. The second-order valence-corrected chi connectivity index (χ2v) is 11.5. The van der Waals surface area contributed by atoms with E-state index in [1.54, 1.807) is 35.2 Å². The van der Waals surface area contributed by atoms with Crippen LogP contribution in [-0.2, 0) is 35.5 Å². The molecule has 0 saturated carbocycles. The third kappa shape index (κ3) is 6.25. The molecular formula is C33H29F4N5O4. The summed E-state index contributed by atoms with van der Waals surface area (Å²) < 4.78 is 62.1. The molecule has 0 bridgehead atoms. The van der Waals surface area contributed by atoms with Crippen LogP contribution in [0.3, 0.4) is 0 Å². The first-order chi connectivity index (χ1) is 22.0. The van der Waals surface area contributed by atoms with Crippen LogP contribution in [0.5, 0.6) is 5.75 Å². The summed E-state index contributed by atoms with van der Waals surface area (Å²) >= 11 is 0.